The van der Waals surface area contributed by atoms with E-state index in [1.165, 1.54) is 48.0 Å². The quantitative estimate of drug-likeness (QED) is 0.171. The summed E-state index contributed by atoms with van der Waals surface area (Å²) in [5, 5.41) is 4.67. The van der Waals surface area contributed by atoms with E-state index in [0.29, 0.717) is 17.5 Å². The van der Waals surface area contributed by atoms with E-state index >= 15 is 0 Å². The van der Waals surface area contributed by atoms with E-state index in [1.807, 2.05) is 72.0 Å². The molecule has 11 rings (SSSR count). The van der Waals surface area contributed by atoms with Crippen LogP contribution < -0.4 is 0 Å². The van der Waals surface area contributed by atoms with Crippen LogP contribution in [0.5, 0.6) is 0 Å². The second-order valence-corrected chi connectivity index (χ2v) is 15.0. The minimum absolute atomic E-state index is 0.599. The normalized spacial score (nSPS) is 11.6. The fourth-order valence-electron chi connectivity index (χ4n) is 7.81. The largest absolute Gasteiger partial charge is 0.456 e. The summed E-state index contributed by atoms with van der Waals surface area (Å²) in [5.41, 5.74) is 11.6. The summed E-state index contributed by atoms with van der Waals surface area (Å²) in [5.74, 6) is 1.86. The Kier molecular flexibility index (Phi) is 7.64. The number of thiophene rings is 1. The van der Waals surface area contributed by atoms with E-state index in [0.717, 1.165) is 44.2 Å². The molecule has 0 N–H and O–H groups in total. The van der Waals surface area contributed by atoms with Crippen molar-refractivity contribution in [2.45, 2.75) is 0 Å². The highest BCUT2D eigenvalue weighted by Gasteiger charge is 2.19. The summed E-state index contributed by atoms with van der Waals surface area (Å²) in [6, 6.07) is 65.8. The molecule has 0 aliphatic rings. The molecule has 0 aliphatic heterocycles. The smallest absolute Gasteiger partial charge is 0.164 e. The first-order valence-corrected chi connectivity index (χ1v) is 19.5. The van der Waals surface area contributed by atoms with Gasteiger partial charge in [-0.1, -0.05) is 152 Å². The SMILES string of the molecule is c1ccc(-c2cccc(-c3ccc(-c4ccc5oc6cc(-c7nc(-c8ccccc8)nc(-c8ccccc8)n7)ccc6c5c4)c4c3sc3ccccc34)c2)cc1. The highest BCUT2D eigenvalue weighted by molar-refractivity contribution is 7.26. The van der Waals surface area contributed by atoms with Crippen molar-refractivity contribution in [1.29, 1.82) is 0 Å². The van der Waals surface area contributed by atoms with Crippen LogP contribution in [0, 0.1) is 0 Å². The van der Waals surface area contributed by atoms with E-state index in [2.05, 4.69) is 127 Å². The van der Waals surface area contributed by atoms with Crippen LogP contribution in [0.25, 0.3) is 110 Å². The lowest BCUT2D eigenvalue weighted by atomic mass is 9.93. The molecule has 3 aromatic heterocycles. The molecule has 0 unspecified atom stereocenters. The molecular formula is C51H31N3OS. The van der Waals surface area contributed by atoms with E-state index in [1.54, 1.807) is 0 Å². The van der Waals surface area contributed by atoms with Crippen LogP contribution in [-0.2, 0) is 0 Å². The van der Waals surface area contributed by atoms with Gasteiger partial charge in [-0.3, -0.25) is 0 Å². The van der Waals surface area contributed by atoms with Crippen LogP contribution in [0.2, 0.25) is 0 Å². The lowest BCUT2D eigenvalue weighted by molar-refractivity contribution is 0.669. The van der Waals surface area contributed by atoms with Gasteiger partial charge in [0.15, 0.2) is 17.5 Å². The van der Waals surface area contributed by atoms with Gasteiger partial charge >= 0.3 is 0 Å². The Morgan fingerprint density at radius 1 is 0.339 bits per heavy atom. The highest BCUT2D eigenvalue weighted by atomic mass is 32.1. The Morgan fingerprint density at radius 2 is 0.911 bits per heavy atom. The van der Waals surface area contributed by atoms with Crippen LogP contribution in [0.4, 0.5) is 0 Å². The topological polar surface area (TPSA) is 51.8 Å². The third kappa shape index (κ3) is 5.56. The summed E-state index contributed by atoms with van der Waals surface area (Å²) in [6.45, 7) is 0. The molecule has 0 radical (unpaired) electrons. The van der Waals surface area contributed by atoms with Crippen molar-refractivity contribution in [3.8, 4) is 67.5 Å². The van der Waals surface area contributed by atoms with E-state index in [9.17, 15) is 0 Å². The summed E-state index contributed by atoms with van der Waals surface area (Å²) in [4.78, 5) is 14.8. The van der Waals surface area contributed by atoms with Gasteiger partial charge < -0.3 is 4.42 Å². The van der Waals surface area contributed by atoms with Gasteiger partial charge in [0.1, 0.15) is 11.2 Å². The molecule has 0 spiro atoms. The molecule has 56 heavy (non-hydrogen) atoms. The number of benzene rings is 8. The Morgan fingerprint density at radius 3 is 1.64 bits per heavy atom. The number of hydrogen-bond donors (Lipinski definition) is 0. The number of hydrogen-bond acceptors (Lipinski definition) is 5. The summed E-state index contributed by atoms with van der Waals surface area (Å²) >= 11 is 1.87. The molecule has 0 amide bonds. The molecule has 0 aliphatic carbocycles. The summed E-state index contributed by atoms with van der Waals surface area (Å²) in [7, 11) is 0. The predicted octanol–water partition coefficient (Wildman–Crippen LogP) is 14.1. The lowest BCUT2D eigenvalue weighted by Gasteiger charge is -2.11. The van der Waals surface area contributed by atoms with Crippen molar-refractivity contribution in [2.75, 3.05) is 0 Å². The van der Waals surface area contributed by atoms with Gasteiger partial charge in [-0.15, -0.1) is 11.3 Å². The zero-order valence-corrected chi connectivity index (χ0v) is 30.9. The first-order valence-electron chi connectivity index (χ1n) is 18.7. The number of aromatic nitrogens is 3. The van der Waals surface area contributed by atoms with Crippen LogP contribution in [0.3, 0.4) is 0 Å². The monoisotopic (exact) mass is 733 g/mol. The van der Waals surface area contributed by atoms with E-state index in [4.69, 9.17) is 19.4 Å². The standard InChI is InChI=1S/C51H31N3OS/c1-4-13-32(14-5-1)35-19-12-20-36(29-35)40-27-26-39(47-42-21-10-11-22-46(42)56-48(40)47)37-24-28-44-43(30-37)41-25-23-38(31-45(41)55-44)51-53-49(33-15-6-2-7-16-33)52-50(54-51)34-17-8-3-9-18-34/h1-31H. The molecule has 0 atom stereocenters. The van der Waals surface area contributed by atoms with Gasteiger partial charge in [0.05, 0.1) is 0 Å². The Hall–Kier alpha value is -7.21. The van der Waals surface area contributed by atoms with Gasteiger partial charge in [0.25, 0.3) is 0 Å². The zero-order valence-electron chi connectivity index (χ0n) is 30.1. The van der Waals surface area contributed by atoms with Gasteiger partial charge in [0, 0.05) is 47.6 Å². The highest BCUT2D eigenvalue weighted by Crippen LogP contribution is 2.46. The van der Waals surface area contributed by atoms with E-state index in [-0.39, 0.29) is 0 Å². The average Bonchev–Trinajstić information content (AvgIpc) is 3.85. The molecule has 11 aromatic rings. The van der Waals surface area contributed by atoms with Gasteiger partial charge in [-0.2, -0.15) is 0 Å². The summed E-state index contributed by atoms with van der Waals surface area (Å²) in [6.07, 6.45) is 0. The average molecular weight is 734 g/mol. The minimum Gasteiger partial charge on any atom is -0.456 e. The lowest BCUT2D eigenvalue weighted by Crippen LogP contribution is -2.00. The van der Waals surface area contributed by atoms with Crippen LogP contribution in [0.15, 0.2) is 192 Å². The number of furan rings is 1. The second kappa shape index (κ2) is 13.3. The maximum Gasteiger partial charge on any atom is 0.164 e. The van der Waals surface area contributed by atoms with Crippen LogP contribution >= 0.6 is 11.3 Å². The fourth-order valence-corrected chi connectivity index (χ4v) is 9.08. The maximum atomic E-state index is 6.53. The van der Waals surface area contributed by atoms with Crippen molar-refractivity contribution < 1.29 is 4.42 Å². The maximum absolute atomic E-state index is 6.53. The number of fused-ring (bicyclic) bond motifs is 6. The minimum atomic E-state index is 0.599. The van der Waals surface area contributed by atoms with Crippen molar-refractivity contribution in [2.24, 2.45) is 0 Å². The Balaban J connectivity index is 1.03. The molecule has 0 fully saturated rings. The van der Waals surface area contributed by atoms with Crippen LogP contribution in [-0.4, -0.2) is 15.0 Å². The van der Waals surface area contributed by atoms with Crippen molar-refractivity contribution in [3.63, 3.8) is 0 Å². The summed E-state index contributed by atoms with van der Waals surface area (Å²) < 4.78 is 9.10. The molecule has 262 valence electrons. The second-order valence-electron chi connectivity index (χ2n) is 14.0. The molecule has 4 nitrogen and oxygen atoms in total. The number of rotatable bonds is 6. The number of nitrogens with zero attached hydrogens (tertiary/aromatic N) is 3. The molecular weight excluding hydrogens is 703 g/mol. The molecule has 8 aromatic carbocycles. The van der Waals surface area contributed by atoms with E-state index < -0.39 is 0 Å². The van der Waals surface area contributed by atoms with Gasteiger partial charge in [0.2, 0.25) is 0 Å². The van der Waals surface area contributed by atoms with Crippen molar-refractivity contribution >= 4 is 53.4 Å². The van der Waals surface area contributed by atoms with Crippen LogP contribution in [0.1, 0.15) is 0 Å². The molecule has 3 heterocycles. The zero-order chi connectivity index (χ0) is 37.0. The molecule has 0 saturated heterocycles. The molecule has 0 bridgehead atoms. The third-order valence-corrected chi connectivity index (χ3v) is 11.8. The first kappa shape index (κ1) is 32.2. The predicted molar refractivity (Wildman–Crippen MR) is 233 cm³/mol. The third-order valence-electron chi connectivity index (χ3n) is 10.5. The Labute approximate surface area is 327 Å². The molecule has 5 heteroatoms. The Bertz CT molecular complexity index is 3180. The van der Waals surface area contributed by atoms with Crippen molar-refractivity contribution in [1.82, 2.24) is 15.0 Å². The first-order chi connectivity index (χ1) is 27.7. The fraction of sp³-hybridized carbons (Fsp3) is 0. The van der Waals surface area contributed by atoms with Gasteiger partial charge in [-0.05, 0) is 69.8 Å². The van der Waals surface area contributed by atoms with Gasteiger partial charge in [-0.25, -0.2) is 15.0 Å². The molecule has 0 saturated carbocycles. The van der Waals surface area contributed by atoms with Crippen molar-refractivity contribution in [3.05, 3.63) is 188 Å².